The van der Waals surface area contributed by atoms with E-state index in [0.29, 0.717) is 6.54 Å². The number of rotatable bonds is 2. The average Bonchev–Trinajstić information content (AvgIpc) is 2.46. The minimum Gasteiger partial charge on any atom is -0.345 e. The molecule has 0 radical (unpaired) electrons. The van der Waals surface area contributed by atoms with Gasteiger partial charge in [-0.15, -0.1) is 11.8 Å². The van der Waals surface area contributed by atoms with Crippen LogP contribution in [0.2, 0.25) is 0 Å². The fourth-order valence-corrected chi connectivity index (χ4v) is 2.24. The highest BCUT2D eigenvalue weighted by atomic mass is 32.2. The summed E-state index contributed by atoms with van der Waals surface area (Å²) in [5.41, 5.74) is 6.72. The van der Waals surface area contributed by atoms with Crippen molar-refractivity contribution in [3.8, 4) is 0 Å². The van der Waals surface area contributed by atoms with Gasteiger partial charge in [-0.1, -0.05) is 0 Å². The molecule has 2 rings (SSSR count). The minimum absolute atomic E-state index is 0.678. The predicted molar refractivity (Wildman–Crippen MR) is 45.8 cm³/mol. The lowest BCUT2D eigenvalue weighted by molar-refractivity contribution is 0.880. The van der Waals surface area contributed by atoms with E-state index in [1.54, 1.807) is 0 Å². The molecule has 0 fully saturated rings. The lowest BCUT2D eigenvalue weighted by Gasteiger charge is -1.90. The van der Waals surface area contributed by atoms with Gasteiger partial charge in [0.2, 0.25) is 0 Å². The van der Waals surface area contributed by atoms with Crippen molar-refractivity contribution >= 4 is 11.8 Å². The Morgan fingerprint density at radius 1 is 1.64 bits per heavy atom. The van der Waals surface area contributed by atoms with E-state index < -0.39 is 0 Å². The van der Waals surface area contributed by atoms with Crippen LogP contribution in [-0.2, 0) is 12.8 Å². The van der Waals surface area contributed by atoms with Crippen molar-refractivity contribution in [2.24, 2.45) is 5.73 Å². The zero-order chi connectivity index (χ0) is 7.68. The van der Waals surface area contributed by atoms with Gasteiger partial charge in [0, 0.05) is 17.9 Å². The third-order valence-corrected chi connectivity index (χ3v) is 2.78. The van der Waals surface area contributed by atoms with Gasteiger partial charge in [0.05, 0.1) is 0 Å². The second-order valence-electron chi connectivity index (χ2n) is 2.60. The number of nitrogens with two attached hydrogens (primary N) is 1. The summed E-state index contributed by atoms with van der Waals surface area (Å²) >= 11 is 1.83. The molecule has 0 atom stereocenters. The van der Waals surface area contributed by atoms with Crippen LogP contribution < -0.4 is 5.73 Å². The van der Waals surface area contributed by atoms with E-state index in [0.717, 1.165) is 18.7 Å². The molecule has 1 aliphatic rings. The Morgan fingerprint density at radius 2 is 2.55 bits per heavy atom. The van der Waals surface area contributed by atoms with Crippen molar-refractivity contribution in [2.75, 3.05) is 12.3 Å². The third-order valence-electron chi connectivity index (χ3n) is 1.76. The van der Waals surface area contributed by atoms with Gasteiger partial charge in [-0.2, -0.15) is 0 Å². The van der Waals surface area contributed by atoms with Gasteiger partial charge in [0.1, 0.15) is 10.9 Å². The van der Waals surface area contributed by atoms with E-state index in [1.165, 1.54) is 16.5 Å². The Balaban J connectivity index is 2.20. The Bertz CT molecular complexity index is 235. The number of aromatic nitrogens is 2. The van der Waals surface area contributed by atoms with Crippen molar-refractivity contribution in [1.82, 2.24) is 9.97 Å². The number of hydrogen-bond acceptors (Lipinski definition) is 3. The first kappa shape index (κ1) is 7.18. The Kier molecular flexibility index (Phi) is 1.87. The van der Waals surface area contributed by atoms with Gasteiger partial charge in [0.15, 0.2) is 0 Å². The fraction of sp³-hybridized carbons (Fsp3) is 0.571. The number of aromatic amines is 1. The summed E-state index contributed by atoms with van der Waals surface area (Å²) in [6.07, 6.45) is 2.01. The molecular formula is C7H11N3S. The molecule has 0 saturated carbocycles. The highest BCUT2D eigenvalue weighted by molar-refractivity contribution is 7.99. The van der Waals surface area contributed by atoms with E-state index in [-0.39, 0.29) is 0 Å². The summed E-state index contributed by atoms with van der Waals surface area (Å²) in [5.74, 6) is 2.22. The van der Waals surface area contributed by atoms with Gasteiger partial charge < -0.3 is 10.7 Å². The van der Waals surface area contributed by atoms with E-state index in [2.05, 4.69) is 9.97 Å². The summed E-state index contributed by atoms with van der Waals surface area (Å²) < 4.78 is 0. The predicted octanol–water partition coefficient (Wildman–Crippen LogP) is 0.559. The van der Waals surface area contributed by atoms with E-state index in [9.17, 15) is 0 Å². The zero-order valence-electron chi connectivity index (χ0n) is 6.26. The van der Waals surface area contributed by atoms with Gasteiger partial charge in [-0.05, 0) is 13.0 Å². The molecule has 1 aromatic rings. The number of hydrogen-bond donors (Lipinski definition) is 2. The van der Waals surface area contributed by atoms with E-state index in [4.69, 9.17) is 5.73 Å². The summed E-state index contributed by atoms with van der Waals surface area (Å²) in [7, 11) is 0. The van der Waals surface area contributed by atoms with E-state index >= 15 is 0 Å². The number of thioether (sulfide) groups is 1. The van der Waals surface area contributed by atoms with E-state index in [1.807, 2.05) is 11.8 Å². The average molecular weight is 169 g/mol. The molecule has 0 aromatic carbocycles. The number of nitrogens with zero attached hydrogens (tertiary/aromatic N) is 1. The normalized spacial score (nSPS) is 15.4. The highest BCUT2D eigenvalue weighted by Gasteiger charge is 2.15. The third kappa shape index (κ3) is 1.28. The molecule has 0 unspecified atom stereocenters. The lowest BCUT2D eigenvalue weighted by atomic mass is 10.4. The topological polar surface area (TPSA) is 54.7 Å². The van der Waals surface area contributed by atoms with Gasteiger partial charge in [0.25, 0.3) is 0 Å². The van der Waals surface area contributed by atoms with Crippen LogP contribution in [0.15, 0.2) is 5.03 Å². The Hall–Kier alpha value is -0.480. The molecule has 11 heavy (non-hydrogen) atoms. The maximum Gasteiger partial charge on any atom is 0.117 e. The van der Waals surface area contributed by atoms with Crippen LogP contribution in [0.5, 0.6) is 0 Å². The molecule has 0 saturated heterocycles. The van der Waals surface area contributed by atoms with Crippen molar-refractivity contribution in [3.63, 3.8) is 0 Å². The first-order valence-electron chi connectivity index (χ1n) is 3.81. The van der Waals surface area contributed by atoms with Crippen LogP contribution in [0.3, 0.4) is 0 Å². The lowest BCUT2D eigenvalue weighted by Crippen LogP contribution is -2.04. The molecule has 4 heteroatoms. The smallest absolute Gasteiger partial charge is 0.117 e. The first-order chi connectivity index (χ1) is 5.40. The molecule has 0 aliphatic carbocycles. The van der Waals surface area contributed by atoms with Crippen molar-refractivity contribution in [2.45, 2.75) is 17.9 Å². The molecule has 1 aliphatic heterocycles. The fourth-order valence-electron chi connectivity index (χ4n) is 1.24. The maximum absolute atomic E-state index is 5.41. The standard InChI is InChI=1S/C7H11N3S/c8-3-1-6-9-5-2-4-11-7(5)10-6/h1-4,8H2,(H,9,10). The second kappa shape index (κ2) is 2.87. The molecule has 60 valence electrons. The van der Waals surface area contributed by atoms with Crippen LogP contribution >= 0.6 is 11.8 Å². The van der Waals surface area contributed by atoms with Crippen molar-refractivity contribution in [1.29, 1.82) is 0 Å². The van der Waals surface area contributed by atoms with Crippen molar-refractivity contribution < 1.29 is 0 Å². The molecular weight excluding hydrogens is 158 g/mol. The molecule has 3 nitrogen and oxygen atoms in total. The van der Waals surface area contributed by atoms with Crippen LogP contribution in [0.1, 0.15) is 11.5 Å². The van der Waals surface area contributed by atoms with Gasteiger partial charge in [-0.3, -0.25) is 0 Å². The van der Waals surface area contributed by atoms with Crippen LogP contribution in [0.25, 0.3) is 0 Å². The largest absolute Gasteiger partial charge is 0.345 e. The summed E-state index contributed by atoms with van der Waals surface area (Å²) in [5, 5.41) is 1.19. The van der Waals surface area contributed by atoms with Crippen molar-refractivity contribution in [3.05, 3.63) is 11.5 Å². The molecule has 0 bridgehead atoms. The number of imidazole rings is 1. The highest BCUT2D eigenvalue weighted by Crippen LogP contribution is 2.28. The van der Waals surface area contributed by atoms with Crippen LogP contribution in [0.4, 0.5) is 0 Å². The van der Waals surface area contributed by atoms with Gasteiger partial charge >= 0.3 is 0 Å². The minimum atomic E-state index is 0.678. The zero-order valence-corrected chi connectivity index (χ0v) is 7.08. The second-order valence-corrected chi connectivity index (χ2v) is 3.69. The maximum atomic E-state index is 5.41. The Morgan fingerprint density at radius 3 is 3.27 bits per heavy atom. The molecule has 1 aromatic heterocycles. The van der Waals surface area contributed by atoms with Crippen LogP contribution in [0, 0.1) is 0 Å². The molecule has 0 amide bonds. The summed E-state index contributed by atoms with van der Waals surface area (Å²) in [4.78, 5) is 7.69. The summed E-state index contributed by atoms with van der Waals surface area (Å²) in [6, 6.07) is 0. The Labute approximate surface area is 69.8 Å². The monoisotopic (exact) mass is 169 g/mol. The number of aryl methyl sites for hydroxylation is 1. The number of nitrogens with one attached hydrogen (secondary N) is 1. The molecule has 3 N–H and O–H groups in total. The summed E-state index contributed by atoms with van der Waals surface area (Å²) in [6.45, 7) is 0.678. The number of fused-ring (bicyclic) bond motifs is 1. The molecule has 0 spiro atoms. The quantitative estimate of drug-likeness (QED) is 0.680. The first-order valence-corrected chi connectivity index (χ1v) is 4.79. The van der Waals surface area contributed by atoms with Gasteiger partial charge in [-0.25, -0.2) is 4.98 Å². The SMILES string of the molecule is NCCc1nc2c([nH]1)CCS2. The van der Waals surface area contributed by atoms with Crippen LogP contribution in [-0.4, -0.2) is 22.3 Å². The molecule has 2 heterocycles. The number of H-pyrrole nitrogens is 1.